The van der Waals surface area contributed by atoms with Crippen LogP contribution in [0.2, 0.25) is 0 Å². The Morgan fingerprint density at radius 1 is 1.33 bits per heavy atom. The molecule has 0 atom stereocenters. The average molecular weight is 242 g/mol. The maximum absolute atomic E-state index is 12.0. The van der Waals surface area contributed by atoms with Crippen LogP contribution in [0.3, 0.4) is 0 Å². The minimum Gasteiger partial charge on any atom is -0.287 e. The largest absolute Gasteiger partial charge is 0.350 e. The summed E-state index contributed by atoms with van der Waals surface area (Å²) in [7, 11) is 0. The first kappa shape index (κ1) is 10.5. The van der Waals surface area contributed by atoms with Crippen LogP contribution < -0.4 is 5.69 Å². The third kappa shape index (κ3) is 1.45. The SMILES string of the molecule is C=CCn1nc2c(-n3ccnc3)nccn2c1=O. The summed E-state index contributed by atoms with van der Waals surface area (Å²) in [6.07, 6.45) is 9.77. The predicted octanol–water partition coefficient (Wildman–Crippen LogP) is 0.263. The van der Waals surface area contributed by atoms with Gasteiger partial charge < -0.3 is 0 Å². The maximum atomic E-state index is 12.0. The van der Waals surface area contributed by atoms with E-state index in [9.17, 15) is 4.79 Å². The highest BCUT2D eigenvalue weighted by Gasteiger charge is 2.11. The van der Waals surface area contributed by atoms with Crippen molar-refractivity contribution in [1.82, 2.24) is 28.7 Å². The van der Waals surface area contributed by atoms with E-state index in [1.807, 2.05) is 0 Å². The van der Waals surface area contributed by atoms with Crippen LogP contribution in [0.1, 0.15) is 0 Å². The molecule has 0 radical (unpaired) electrons. The minimum absolute atomic E-state index is 0.214. The van der Waals surface area contributed by atoms with Gasteiger partial charge in [0.1, 0.15) is 6.33 Å². The van der Waals surface area contributed by atoms with Crippen molar-refractivity contribution in [1.29, 1.82) is 0 Å². The van der Waals surface area contributed by atoms with Crippen molar-refractivity contribution >= 4 is 5.65 Å². The molecule has 90 valence electrons. The average Bonchev–Trinajstić information content (AvgIpc) is 3.00. The molecule has 3 aromatic rings. The van der Waals surface area contributed by atoms with Gasteiger partial charge in [-0.05, 0) is 0 Å². The van der Waals surface area contributed by atoms with E-state index in [1.165, 1.54) is 9.08 Å². The van der Waals surface area contributed by atoms with Crippen LogP contribution in [0.15, 0.2) is 48.6 Å². The normalized spacial score (nSPS) is 10.9. The van der Waals surface area contributed by atoms with Gasteiger partial charge in [0.25, 0.3) is 0 Å². The van der Waals surface area contributed by atoms with Gasteiger partial charge in [0.2, 0.25) is 5.65 Å². The van der Waals surface area contributed by atoms with Gasteiger partial charge in [-0.1, -0.05) is 6.08 Å². The molecule has 0 amide bonds. The molecule has 18 heavy (non-hydrogen) atoms. The highest BCUT2D eigenvalue weighted by Crippen LogP contribution is 2.08. The summed E-state index contributed by atoms with van der Waals surface area (Å²) in [5.74, 6) is 0.565. The second kappa shape index (κ2) is 3.95. The Kier molecular flexibility index (Phi) is 2.30. The Morgan fingerprint density at radius 2 is 2.22 bits per heavy atom. The van der Waals surface area contributed by atoms with Crippen molar-refractivity contribution in [2.75, 3.05) is 0 Å². The molecule has 3 aromatic heterocycles. The number of aromatic nitrogens is 6. The summed E-state index contributed by atoms with van der Waals surface area (Å²) >= 11 is 0. The van der Waals surface area contributed by atoms with E-state index in [0.29, 0.717) is 18.0 Å². The van der Waals surface area contributed by atoms with Crippen LogP contribution in [0.4, 0.5) is 0 Å². The van der Waals surface area contributed by atoms with Gasteiger partial charge in [0.05, 0.1) is 6.54 Å². The monoisotopic (exact) mass is 242 g/mol. The lowest BCUT2D eigenvalue weighted by Crippen LogP contribution is -2.20. The van der Waals surface area contributed by atoms with E-state index in [0.717, 1.165) is 0 Å². The van der Waals surface area contributed by atoms with Crippen LogP contribution >= 0.6 is 0 Å². The maximum Gasteiger partial charge on any atom is 0.350 e. The first-order valence-electron chi connectivity index (χ1n) is 5.34. The molecule has 0 aromatic carbocycles. The highest BCUT2D eigenvalue weighted by atomic mass is 16.2. The summed E-state index contributed by atoms with van der Waals surface area (Å²) in [5.41, 5.74) is 0.274. The molecule has 0 saturated carbocycles. The first-order valence-corrected chi connectivity index (χ1v) is 5.34. The Bertz CT molecular complexity index is 752. The molecule has 0 aliphatic carbocycles. The van der Waals surface area contributed by atoms with Gasteiger partial charge in [0, 0.05) is 24.8 Å². The zero-order valence-corrected chi connectivity index (χ0v) is 9.47. The lowest BCUT2D eigenvalue weighted by molar-refractivity contribution is 0.673. The molecule has 3 heterocycles. The van der Waals surface area contributed by atoms with Crippen molar-refractivity contribution in [3.8, 4) is 5.82 Å². The van der Waals surface area contributed by atoms with Gasteiger partial charge in [-0.3, -0.25) is 4.57 Å². The number of fused-ring (bicyclic) bond motifs is 1. The lowest BCUT2D eigenvalue weighted by Gasteiger charge is -2.00. The molecule has 3 rings (SSSR count). The number of hydrogen-bond acceptors (Lipinski definition) is 4. The van der Waals surface area contributed by atoms with Crippen LogP contribution in [-0.4, -0.2) is 28.7 Å². The number of nitrogens with zero attached hydrogens (tertiary/aromatic N) is 6. The fraction of sp³-hybridized carbons (Fsp3) is 0.0909. The molecular weight excluding hydrogens is 232 g/mol. The quantitative estimate of drug-likeness (QED) is 0.618. The molecule has 0 unspecified atom stereocenters. The number of allylic oxidation sites excluding steroid dienone is 1. The van der Waals surface area contributed by atoms with Gasteiger partial charge in [-0.2, -0.15) is 0 Å². The molecular formula is C11H10N6O. The summed E-state index contributed by atoms with van der Waals surface area (Å²) in [4.78, 5) is 20.2. The predicted molar refractivity (Wildman–Crippen MR) is 64.6 cm³/mol. The fourth-order valence-corrected chi connectivity index (χ4v) is 1.74. The van der Waals surface area contributed by atoms with Crippen molar-refractivity contribution < 1.29 is 0 Å². The van der Waals surface area contributed by atoms with E-state index < -0.39 is 0 Å². The molecule has 0 bridgehead atoms. The molecule has 0 spiro atoms. The Morgan fingerprint density at radius 3 is 2.94 bits per heavy atom. The molecule has 0 fully saturated rings. The molecule has 7 nitrogen and oxygen atoms in total. The van der Waals surface area contributed by atoms with Crippen molar-refractivity contribution in [2.45, 2.75) is 6.54 Å². The number of hydrogen-bond donors (Lipinski definition) is 0. The number of imidazole rings is 1. The van der Waals surface area contributed by atoms with Gasteiger partial charge in [-0.25, -0.2) is 23.8 Å². The van der Waals surface area contributed by atoms with Crippen molar-refractivity contribution in [3.05, 3.63) is 54.3 Å². The van der Waals surface area contributed by atoms with Crippen molar-refractivity contribution in [2.24, 2.45) is 0 Å². The van der Waals surface area contributed by atoms with Gasteiger partial charge >= 0.3 is 5.69 Å². The zero-order chi connectivity index (χ0) is 12.5. The minimum atomic E-state index is -0.214. The van der Waals surface area contributed by atoms with Crippen LogP contribution in [0.5, 0.6) is 0 Å². The fourth-order valence-electron chi connectivity index (χ4n) is 1.74. The zero-order valence-electron chi connectivity index (χ0n) is 9.47. The topological polar surface area (TPSA) is 70.0 Å². The van der Waals surface area contributed by atoms with E-state index >= 15 is 0 Å². The molecule has 0 saturated heterocycles. The summed E-state index contributed by atoms with van der Waals surface area (Å²) in [6, 6.07) is 0. The molecule has 0 aliphatic rings. The van der Waals surface area contributed by atoms with E-state index in [1.54, 1.807) is 41.8 Å². The molecule has 7 heteroatoms. The standard InChI is InChI=1S/C11H10N6O/c1-2-5-17-11(18)16-7-4-13-9(10(16)14-17)15-6-3-12-8-15/h2-4,6-8H,1,5H2. The third-order valence-electron chi connectivity index (χ3n) is 2.53. The second-order valence-corrected chi connectivity index (χ2v) is 3.67. The molecule has 0 aliphatic heterocycles. The van der Waals surface area contributed by atoms with Crippen LogP contribution in [0.25, 0.3) is 11.5 Å². The van der Waals surface area contributed by atoms with Crippen molar-refractivity contribution in [3.63, 3.8) is 0 Å². The lowest BCUT2D eigenvalue weighted by atomic mass is 10.6. The Hall–Kier alpha value is -2.70. The first-order chi connectivity index (χ1) is 8.81. The third-order valence-corrected chi connectivity index (χ3v) is 2.53. The molecule has 0 N–H and O–H groups in total. The van der Waals surface area contributed by atoms with Crippen LogP contribution in [-0.2, 0) is 6.54 Å². The Balaban J connectivity index is 2.32. The summed E-state index contributed by atoms with van der Waals surface area (Å²) in [5, 5.41) is 4.24. The second-order valence-electron chi connectivity index (χ2n) is 3.67. The van der Waals surface area contributed by atoms with Gasteiger partial charge in [0.15, 0.2) is 5.82 Å². The summed E-state index contributed by atoms with van der Waals surface area (Å²) < 4.78 is 4.50. The van der Waals surface area contributed by atoms with Gasteiger partial charge in [-0.15, -0.1) is 11.7 Å². The smallest absolute Gasteiger partial charge is 0.287 e. The van der Waals surface area contributed by atoms with E-state index in [4.69, 9.17) is 0 Å². The highest BCUT2D eigenvalue weighted by molar-refractivity contribution is 5.53. The summed E-state index contributed by atoms with van der Waals surface area (Å²) in [6.45, 7) is 3.96. The van der Waals surface area contributed by atoms with E-state index in [-0.39, 0.29) is 5.69 Å². The van der Waals surface area contributed by atoms with E-state index in [2.05, 4.69) is 21.6 Å². The Labute approximate surface area is 102 Å². The van der Waals surface area contributed by atoms with Crippen LogP contribution in [0, 0.1) is 0 Å². The number of rotatable bonds is 3.